The number of amides is 1. The van der Waals surface area contributed by atoms with E-state index in [2.05, 4.69) is 36.5 Å². The number of hydrogen-bond donors (Lipinski definition) is 2. The normalized spacial score (nSPS) is 36.7. The second kappa shape index (κ2) is 7.28. The summed E-state index contributed by atoms with van der Waals surface area (Å²) in [5.41, 5.74) is 8.74. The second-order valence-corrected chi connectivity index (χ2v) is 8.69. The smallest absolute Gasteiger partial charge is 0.226 e. The average Bonchev–Trinajstić information content (AvgIpc) is 2.55. The molecular formula is C21H31ClN2O. The van der Waals surface area contributed by atoms with Gasteiger partial charge in [0.1, 0.15) is 0 Å². The van der Waals surface area contributed by atoms with Crippen LogP contribution < -0.4 is 11.1 Å². The zero-order valence-corrected chi connectivity index (χ0v) is 16.0. The van der Waals surface area contributed by atoms with Gasteiger partial charge < -0.3 is 11.1 Å². The Hall–Kier alpha value is -1.06. The van der Waals surface area contributed by atoms with Gasteiger partial charge in [-0.05, 0) is 67.9 Å². The van der Waals surface area contributed by atoms with Crippen LogP contribution in [0.2, 0.25) is 0 Å². The summed E-state index contributed by atoms with van der Waals surface area (Å²) in [6, 6.07) is 9.29. The van der Waals surface area contributed by atoms with E-state index in [4.69, 9.17) is 5.73 Å². The summed E-state index contributed by atoms with van der Waals surface area (Å²) < 4.78 is 0. The lowest BCUT2D eigenvalue weighted by molar-refractivity contribution is -0.133. The van der Waals surface area contributed by atoms with Crippen LogP contribution in [0.3, 0.4) is 0 Å². The topological polar surface area (TPSA) is 55.1 Å². The fraction of sp³-hybridized carbons (Fsp3) is 0.667. The van der Waals surface area contributed by atoms with Gasteiger partial charge in [-0.15, -0.1) is 12.4 Å². The molecule has 0 aromatic heterocycles. The van der Waals surface area contributed by atoms with Crippen molar-refractivity contribution in [3.8, 4) is 0 Å². The van der Waals surface area contributed by atoms with E-state index < -0.39 is 0 Å². The molecule has 0 saturated heterocycles. The molecule has 0 spiro atoms. The maximum Gasteiger partial charge on any atom is 0.226 e. The summed E-state index contributed by atoms with van der Waals surface area (Å²) >= 11 is 0. The van der Waals surface area contributed by atoms with Crippen LogP contribution in [-0.4, -0.2) is 18.0 Å². The highest BCUT2D eigenvalue weighted by atomic mass is 35.5. The van der Waals surface area contributed by atoms with Gasteiger partial charge >= 0.3 is 0 Å². The monoisotopic (exact) mass is 362 g/mol. The van der Waals surface area contributed by atoms with E-state index in [1.54, 1.807) is 0 Å². The van der Waals surface area contributed by atoms with Crippen LogP contribution in [0.25, 0.3) is 0 Å². The minimum atomic E-state index is -0.262. The van der Waals surface area contributed by atoms with Crippen molar-refractivity contribution in [3.05, 3.63) is 35.4 Å². The van der Waals surface area contributed by atoms with Crippen molar-refractivity contribution in [1.29, 1.82) is 0 Å². The molecule has 0 radical (unpaired) electrons. The van der Waals surface area contributed by atoms with Crippen molar-refractivity contribution >= 4 is 18.3 Å². The van der Waals surface area contributed by atoms with Crippen LogP contribution in [0.1, 0.15) is 56.6 Å². The highest BCUT2D eigenvalue weighted by Crippen LogP contribution is 2.41. The van der Waals surface area contributed by atoms with Crippen LogP contribution in [0.5, 0.6) is 0 Å². The van der Waals surface area contributed by atoms with Crippen LogP contribution in [0, 0.1) is 17.3 Å². The third-order valence-corrected chi connectivity index (χ3v) is 6.87. The van der Waals surface area contributed by atoms with Gasteiger partial charge in [0.05, 0.1) is 5.41 Å². The fourth-order valence-corrected chi connectivity index (χ4v) is 5.44. The Morgan fingerprint density at radius 1 is 1.16 bits per heavy atom. The Bertz CT molecular complexity index is 620. The maximum absolute atomic E-state index is 13.2. The minimum absolute atomic E-state index is 0. The molecule has 1 aromatic rings. The van der Waals surface area contributed by atoms with Gasteiger partial charge in [-0.2, -0.15) is 0 Å². The molecule has 3 atom stereocenters. The number of carbonyl (C=O) groups is 1. The molecule has 1 aromatic carbocycles. The van der Waals surface area contributed by atoms with Crippen molar-refractivity contribution < 1.29 is 4.79 Å². The second-order valence-electron chi connectivity index (χ2n) is 8.69. The summed E-state index contributed by atoms with van der Waals surface area (Å²) in [6.45, 7) is 2.16. The summed E-state index contributed by atoms with van der Waals surface area (Å²) in [6.07, 6.45) is 8.78. The third-order valence-electron chi connectivity index (χ3n) is 6.87. The molecule has 2 fully saturated rings. The summed E-state index contributed by atoms with van der Waals surface area (Å²) in [5.74, 6) is 1.46. The first kappa shape index (κ1) is 18.7. The molecule has 2 saturated carbocycles. The number of halogens is 1. The molecule has 25 heavy (non-hydrogen) atoms. The Morgan fingerprint density at radius 2 is 1.80 bits per heavy atom. The molecule has 0 heterocycles. The zero-order valence-electron chi connectivity index (χ0n) is 15.2. The third kappa shape index (κ3) is 3.59. The van der Waals surface area contributed by atoms with Gasteiger partial charge in [-0.3, -0.25) is 4.79 Å². The van der Waals surface area contributed by atoms with Gasteiger partial charge in [0.15, 0.2) is 0 Å². The highest BCUT2D eigenvalue weighted by molar-refractivity contribution is 5.85. The molecule has 3 N–H and O–H groups in total. The Labute approximate surface area is 157 Å². The van der Waals surface area contributed by atoms with E-state index in [1.165, 1.54) is 30.4 Å². The first-order valence-electron chi connectivity index (χ1n) is 9.68. The fourth-order valence-electron chi connectivity index (χ4n) is 5.44. The summed E-state index contributed by atoms with van der Waals surface area (Å²) in [7, 11) is 0. The molecule has 4 rings (SSSR count). The number of nitrogens with two attached hydrogens (primary N) is 1. The van der Waals surface area contributed by atoms with Crippen molar-refractivity contribution in [2.75, 3.05) is 0 Å². The average molecular weight is 363 g/mol. The molecule has 1 amide bonds. The van der Waals surface area contributed by atoms with Gasteiger partial charge in [0, 0.05) is 12.1 Å². The lowest BCUT2D eigenvalue weighted by Gasteiger charge is -2.46. The maximum atomic E-state index is 13.2. The Kier molecular flexibility index (Phi) is 5.45. The first-order valence-corrected chi connectivity index (χ1v) is 9.68. The molecule has 138 valence electrons. The number of benzene rings is 1. The van der Waals surface area contributed by atoms with Crippen LogP contribution >= 0.6 is 12.4 Å². The van der Waals surface area contributed by atoms with E-state index in [9.17, 15) is 4.79 Å². The molecule has 2 bridgehead atoms. The molecule has 3 aliphatic rings. The van der Waals surface area contributed by atoms with Crippen LogP contribution in [-0.2, 0) is 17.6 Å². The van der Waals surface area contributed by atoms with Crippen molar-refractivity contribution in [2.24, 2.45) is 23.0 Å². The number of carbonyl (C=O) groups excluding carboxylic acids is 1. The zero-order chi connectivity index (χ0) is 16.7. The van der Waals surface area contributed by atoms with Gasteiger partial charge in [-0.1, -0.05) is 37.6 Å². The quantitative estimate of drug-likeness (QED) is 0.844. The van der Waals surface area contributed by atoms with E-state index in [0.29, 0.717) is 23.9 Å². The molecule has 0 aliphatic heterocycles. The molecule has 3 aliphatic carbocycles. The predicted molar refractivity (Wildman–Crippen MR) is 104 cm³/mol. The van der Waals surface area contributed by atoms with E-state index in [-0.39, 0.29) is 23.7 Å². The van der Waals surface area contributed by atoms with Gasteiger partial charge in [-0.25, -0.2) is 0 Å². The van der Waals surface area contributed by atoms with Crippen molar-refractivity contribution in [3.63, 3.8) is 0 Å². The van der Waals surface area contributed by atoms with E-state index >= 15 is 0 Å². The highest BCUT2D eigenvalue weighted by Gasteiger charge is 2.43. The summed E-state index contributed by atoms with van der Waals surface area (Å²) in [4.78, 5) is 13.2. The minimum Gasteiger partial charge on any atom is -0.352 e. The molecular weight excluding hydrogens is 332 g/mol. The Morgan fingerprint density at radius 3 is 2.48 bits per heavy atom. The SMILES string of the molecule is CC1(C(=O)NC2C3CCCC2CC(N)C3)CCc2ccccc2C1.Cl. The summed E-state index contributed by atoms with van der Waals surface area (Å²) in [5, 5.41) is 3.49. The number of rotatable bonds is 2. The van der Waals surface area contributed by atoms with Crippen molar-refractivity contribution in [1.82, 2.24) is 5.32 Å². The molecule has 3 unspecified atom stereocenters. The lowest BCUT2D eigenvalue weighted by atomic mass is 9.66. The van der Waals surface area contributed by atoms with Crippen LogP contribution in [0.4, 0.5) is 0 Å². The largest absolute Gasteiger partial charge is 0.352 e. The number of fused-ring (bicyclic) bond motifs is 3. The van der Waals surface area contributed by atoms with E-state index in [0.717, 1.165) is 32.1 Å². The lowest BCUT2D eigenvalue weighted by Crippen LogP contribution is -2.56. The van der Waals surface area contributed by atoms with Crippen molar-refractivity contribution in [2.45, 2.75) is 70.4 Å². The predicted octanol–water partition coefficient (Wildman–Crippen LogP) is 3.63. The van der Waals surface area contributed by atoms with Gasteiger partial charge in [0.2, 0.25) is 5.91 Å². The van der Waals surface area contributed by atoms with Gasteiger partial charge in [0.25, 0.3) is 0 Å². The standard InChI is InChI=1S/C21H30N2O.ClH/c1-21(10-9-14-5-2-3-6-17(14)13-21)20(24)23-19-15-7-4-8-16(19)12-18(22)11-15;/h2-3,5-6,15-16,18-19H,4,7-13,22H2,1H3,(H,23,24);1H. The van der Waals surface area contributed by atoms with Crippen LogP contribution in [0.15, 0.2) is 24.3 Å². The number of aryl methyl sites for hydroxylation is 1. The van der Waals surface area contributed by atoms with E-state index in [1.807, 2.05) is 0 Å². The molecule has 3 nitrogen and oxygen atoms in total. The number of nitrogens with one attached hydrogen (secondary N) is 1. The Balaban J connectivity index is 0.00000182. The number of hydrogen-bond acceptors (Lipinski definition) is 2. The first-order chi connectivity index (χ1) is 11.5. The molecule has 4 heteroatoms.